The maximum Gasteiger partial charge on any atom is 0.126 e. The second-order valence-electron chi connectivity index (χ2n) is 6.02. The van der Waals surface area contributed by atoms with Gasteiger partial charge in [-0.1, -0.05) is 44.8 Å². The number of rotatable bonds is 5. The normalized spacial score (nSPS) is 23.4. The van der Waals surface area contributed by atoms with E-state index in [4.69, 9.17) is 0 Å². The standard InChI is InChI=1S/C18H24F2/c1-2-4-14-7-9-15(10-8-14)5-3-6-16-11-17(19)13-18(20)12-16/h3,6,11-15H,2,4-5,7-10H2,1H3. The van der Waals surface area contributed by atoms with E-state index in [1.54, 1.807) is 0 Å². The Balaban J connectivity index is 1.79. The molecule has 0 bridgehead atoms. The van der Waals surface area contributed by atoms with Gasteiger partial charge in [0.2, 0.25) is 0 Å². The van der Waals surface area contributed by atoms with Gasteiger partial charge < -0.3 is 0 Å². The first-order chi connectivity index (χ1) is 9.67. The van der Waals surface area contributed by atoms with Crippen molar-refractivity contribution < 1.29 is 8.78 Å². The van der Waals surface area contributed by atoms with Crippen LogP contribution in [0.3, 0.4) is 0 Å². The number of halogens is 2. The van der Waals surface area contributed by atoms with Gasteiger partial charge in [0.15, 0.2) is 0 Å². The first-order valence-electron chi connectivity index (χ1n) is 7.80. The fourth-order valence-corrected chi connectivity index (χ4v) is 3.23. The minimum Gasteiger partial charge on any atom is -0.207 e. The van der Waals surface area contributed by atoms with Crippen molar-refractivity contribution in [3.63, 3.8) is 0 Å². The molecule has 0 heterocycles. The van der Waals surface area contributed by atoms with E-state index in [2.05, 4.69) is 13.0 Å². The maximum atomic E-state index is 13.1. The highest BCUT2D eigenvalue weighted by Crippen LogP contribution is 2.33. The molecule has 110 valence electrons. The van der Waals surface area contributed by atoms with Gasteiger partial charge in [-0.25, -0.2) is 8.78 Å². The van der Waals surface area contributed by atoms with Gasteiger partial charge >= 0.3 is 0 Å². The van der Waals surface area contributed by atoms with Crippen molar-refractivity contribution >= 4 is 6.08 Å². The van der Waals surface area contributed by atoms with Crippen molar-refractivity contribution in [3.8, 4) is 0 Å². The second kappa shape index (κ2) is 7.56. The number of benzene rings is 1. The number of hydrogen-bond acceptors (Lipinski definition) is 0. The molecule has 0 unspecified atom stereocenters. The van der Waals surface area contributed by atoms with Crippen LogP contribution in [-0.4, -0.2) is 0 Å². The van der Waals surface area contributed by atoms with Crippen molar-refractivity contribution in [2.75, 3.05) is 0 Å². The molecule has 1 aromatic carbocycles. The molecule has 0 amide bonds. The summed E-state index contributed by atoms with van der Waals surface area (Å²) in [7, 11) is 0. The predicted molar refractivity (Wildman–Crippen MR) is 80.4 cm³/mol. The molecule has 1 fully saturated rings. The van der Waals surface area contributed by atoms with Crippen LogP contribution in [0.1, 0.15) is 57.4 Å². The van der Waals surface area contributed by atoms with E-state index in [1.165, 1.54) is 50.7 Å². The molecule has 0 N–H and O–H groups in total. The Kier molecular flexibility index (Phi) is 5.75. The highest BCUT2D eigenvalue weighted by atomic mass is 19.1. The average molecular weight is 278 g/mol. The maximum absolute atomic E-state index is 13.1. The molecule has 0 spiro atoms. The van der Waals surface area contributed by atoms with Gasteiger partial charge in [0.1, 0.15) is 11.6 Å². The smallest absolute Gasteiger partial charge is 0.126 e. The molecule has 0 saturated heterocycles. The van der Waals surface area contributed by atoms with Gasteiger partial charge in [0, 0.05) is 6.07 Å². The zero-order valence-electron chi connectivity index (χ0n) is 12.2. The molecule has 0 aliphatic heterocycles. The van der Waals surface area contributed by atoms with Crippen molar-refractivity contribution in [2.24, 2.45) is 11.8 Å². The fraction of sp³-hybridized carbons (Fsp3) is 0.556. The van der Waals surface area contributed by atoms with E-state index < -0.39 is 11.6 Å². The molecule has 0 aromatic heterocycles. The summed E-state index contributed by atoms with van der Waals surface area (Å²) in [5.74, 6) is 0.657. The summed E-state index contributed by atoms with van der Waals surface area (Å²) in [5, 5.41) is 0. The Morgan fingerprint density at radius 1 is 1.00 bits per heavy atom. The van der Waals surface area contributed by atoms with Crippen LogP contribution >= 0.6 is 0 Å². The number of hydrogen-bond donors (Lipinski definition) is 0. The molecule has 2 rings (SSSR count). The zero-order chi connectivity index (χ0) is 14.4. The summed E-state index contributed by atoms with van der Waals surface area (Å²) >= 11 is 0. The Bertz CT molecular complexity index is 422. The van der Waals surface area contributed by atoms with Crippen LogP contribution < -0.4 is 0 Å². The summed E-state index contributed by atoms with van der Waals surface area (Å²) in [6, 6.07) is 3.65. The summed E-state index contributed by atoms with van der Waals surface area (Å²) < 4.78 is 26.1. The summed E-state index contributed by atoms with van der Waals surface area (Å²) in [4.78, 5) is 0. The predicted octanol–water partition coefficient (Wildman–Crippen LogP) is 5.97. The Hall–Kier alpha value is -1.18. The van der Waals surface area contributed by atoms with Crippen LogP contribution in [0.4, 0.5) is 8.78 Å². The molecule has 1 aliphatic rings. The van der Waals surface area contributed by atoms with Crippen molar-refractivity contribution in [3.05, 3.63) is 41.5 Å². The molecule has 1 aliphatic carbocycles. The average Bonchev–Trinajstić information content (AvgIpc) is 2.40. The van der Waals surface area contributed by atoms with Crippen LogP contribution in [0.2, 0.25) is 0 Å². The van der Waals surface area contributed by atoms with Gasteiger partial charge in [0.05, 0.1) is 0 Å². The van der Waals surface area contributed by atoms with Gasteiger partial charge in [-0.2, -0.15) is 0 Å². The van der Waals surface area contributed by atoms with E-state index in [0.717, 1.165) is 24.3 Å². The molecular weight excluding hydrogens is 254 g/mol. The summed E-state index contributed by atoms with van der Waals surface area (Å²) in [6.45, 7) is 2.26. The molecule has 1 saturated carbocycles. The highest BCUT2D eigenvalue weighted by molar-refractivity contribution is 5.49. The van der Waals surface area contributed by atoms with Crippen LogP contribution in [0.5, 0.6) is 0 Å². The van der Waals surface area contributed by atoms with E-state index in [9.17, 15) is 8.78 Å². The minimum absolute atomic E-state index is 0.510. The fourth-order valence-electron chi connectivity index (χ4n) is 3.23. The summed E-state index contributed by atoms with van der Waals surface area (Å²) in [5.41, 5.74) is 0.613. The lowest BCUT2D eigenvalue weighted by Crippen LogP contribution is -2.13. The van der Waals surface area contributed by atoms with E-state index in [1.807, 2.05) is 6.08 Å². The van der Waals surface area contributed by atoms with E-state index in [0.29, 0.717) is 5.56 Å². The van der Waals surface area contributed by atoms with Crippen molar-refractivity contribution in [1.82, 2.24) is 0 Å². The lowest BCUT2D eigenvalue weighted by atomic mass is 9.79. The largest absolute Gasteiger partial charge is 0.207 e. The van der Waals surface area contributed by atoms with Crippen LogP contribution in [-0.2, 0) is 0 Å². The Morgan fingerprint density at radius 2 is 1.60 bits per heavy atom. The Morgan fingerprint density at radius 3 is 2.20 bits per heavy atom. The SMILES string of the molecule is CCCC1CCC(CC=Cc2cc(F)cc(F)c2)CC1. The van der Waals surface area contributed by atoms with Crippen LogP contribution in [0.15, 0.2) is 24.3 Å². The lowest BCUT2D eigenvalue weighted by Gasteiger charge is -2.27. The molecule has 0 nitrogen and oxygen atoms in total. The number of allylic oxidation sites excluding steroid dienone is 1. The highest BCUT2D eigenvalue weighted by Gasteiger charge is 2.19. The zero-order valence-corrected chi connectivity index (χ0v) is 12.2. The van der Waals surface area contributed by atoms with Crippen molar-refractivity contribution in [2.45, 2.75) is 51.9 Å². The molecule has 0 atom stereocenters. The topological polar surface area (TPSA) is 0 Å². The molecule has 2 heteroatoms. The quantitative estimate of drug-likeness (QED) is 0.622. The molecule has 1 aromatic rings. The molecule has 20 heavy (non-hydrogen) atoms. The third kappa shape index (κ3) is 4.73. The monoisotopic (exact) mass is 278 g/mol. The third-order valence-corrected chi connectivity index (χ3v) is 4.33. The molecular formula is C18H24F2. The minimum atomic E-state index is -0.510. The first kappa shape index (κ1) is 15.2. The first-order valence-corrected chi connectivity index (χ1v) is 7.80. The van der Waals surface area contributed by atoms with Crippen LogP contribution in [0, 0.1) is 23.5 Å². The van der Waals surface area contributed by atoms with Gasteiger partial charge in [-0.05, 0) is 48.8 Å². The van der Waals surface area contributed by atoms with Gasteiger partial charge in [-0.3, -0.25) is 0 Å². The third-order valence-electron chi connectivity index (χ3n) is 4.33. The lowest BCUT2D eigenvalue weighted by molar-refractivity contribution is 0.263. The summed E-state index contributed by atoms with van der Waals surface area (Å²) in [6.07, 6.45) is 12.9. The van der Waals surface area contributed by atoms with E-state index in [-0.39, 0.29) is 0 Å². The van der Waals surface area contributed by atoms with Gasteiger partial charge in [-0.15, -0.1) is 0 Å². The molecule has 0 radical (unpaired) electrons. The second-order valence-corrected chi connectivity index (χ2v) is 6.02. The van der Waals surface area contributed by atoms with Crippen LogP contribution in [0.25, 0.3) is 6.08 Å². The Labute approximate surface area is 120 Å². The van der Waals surface area contributed by atoms with Gasteiger partial charge in [0.25, 0.3) is 0 Å². The van der Waals surface area contributed by atoms with E-state index >= 15 is 0 Å². The van der Waals surface area contributed by atoms with Crippen molar-refractivity contribution in [1.29, 1.82) is 0 Å².